The van der Waals surface area contributed by atoms with E-state index < -0.39 is 11.7 Å². The molecule has 1 saturated carbocycles. The normalized spacial score (nSPS) is 21.0. The van der Waals surface area contributed by atoms with Crippen LogP contribution in [-0.2, 0) is 4.74 Å². The topological polar surface area (TPSA) is 58.6 Å². The van der Waals surface area contributed by atoms with E-state index in [4.69, 9.17) is 4.74 Å². The van der Waals surface area contributed by atoms with Gasteiger partial charge < -0.3 is 9.64 Å². The third kappa shape index (κ3) is 4.57. The molecule has 2 fully saturated rings. The predicted octanol–water partition coefficient (Wildman–Crippen LogP) is 4.83. The molecular weight excluding hydrogens is 328 g/mol. The van der Waals surface area contributed by atoms with Gasteiger partial charge in [0.1, 0.15) is 5.60 Å². The number of nitrogens with zero attached hydrogens (tertiary/aromatic N) is 1. The van der Waals surface area contributed by atoms with E-state index in [1.807, 2.05) is 26.8 Å². The summed E-state index contributed by atoms with van der Waals surface area (Å²) in [5, 5.41) is 2.72. The smallest absolute Gasteiger partial charge is 0.412 e. The van der Waals surface area contributed by atoms with E-state index in [2.05, 4.69) is 10.2 Å². The second kappa shape index (κ2) is 7.68. The molecule has 5 nitrogen and oxygen atoms in total. The van der Waals surface area contributed by atoms with Crippen molar-refractivity contribution in [1.29, 1.82) is 0 Å². The van der Waals surface area contributed by atoms with Crippen LogP contribution in [0, 0.1) is 5.92 Å². The Bertz CT molecular complexity index is 659. The highest BCUT2D eigenvalue weighted by Gasteiger charge is 2.36. The molecule has 142 valence electrons. The number of hydrogen-bond donors (Lipinski definition) is 1. The highest BCUT2D eigenvalue weighted by Crippen LogP contribution is 2.36. The maximum atomic E-state index is 13.1. The molecule has 1 aromatic carbocycles. The number of hydrogen-bond acceptors (Lipinski definition) is 3. The van der Waals surface area contributed by atoms with Crippen molar-refractivity contribution in [3.8, 4) is 0 Å². The van der Waals surface area contributed by atoms with E-state index in [-0.39, 0.29) is 5.91 Å². The van der Waals surface area contributed by atoms with Crippen LogP contribution >= 0.6 is 0 Å². The van der Waals surface area contributed by atoms with Gasteiger partial charge in [-0.05, 0) is 70.6 Å². The number of carbonyl (C=O) groups excluding carboxylic acids is 2. The van der Waals surface area contributed by atoms with Crippen LogP contribution in [0.25, 0.3) is 0 Å². The Morgan fingerprint density at radius 3 is 2.54 bits per heavy atom. The molecule has 1 unspecified atom stereocenters. The van der Waals surface area contributed by atoms with Crippen molar-refractivity contribution in [2.45, 2.75) is 70.9 Å². The van der Waals surface area contributed by atoms with Crippen LogP contribution in [-0.4, -0.2) is 35.1 Å². The molecule has 1 N–H and O–H groups in total. The van der Waals surface area contributed by atoms with Crippen molar-refractivity contribution in [3.05, 3.63) is 29.8 Å². The molecule has 1 aromatic rings. The number of anilines is 1. The maximum absolute atomic E-state index is 13.1. The Hall–Kier alpha value is -2.04. The van der Waals surface area contributed by atoms with Crippen molar-refractivity contribution in [2.75, 3.05) is 11.9 Å². The maximum Gasteiger partial charge on any atom is 0.412 e. The van der Waals surface area contributed by atoms with Gasteiger partial charge in [-0.15, -0.1) is 0 Å². The summed E-state index contributed by atoms with van der Waals surface area (Å²) in [5.74, 6) is 0.733. The van der Waals surface area contributed by atoms with E-state index in [0.29, 0.717) is 23.2 Å². The quantitative estimate of drug-likeness (QED) is 0.842. The van der Waals surface area contributed by atoms with Gasteiger partial charge in [-0.2, -0.15) is 0 Å². The lowest BCUT2D eigenvalue weighted by atomic mass is 9.95. The number of likely N-dealkylation sites (tertiary alicyclic amines) is 1. The fourth-order valence-electron chi connectivity index (χ4n) is 4.19. The van der Waals surface area contributed by atoms with Crippen LogP contribution < -0.4 is 5.32 Å². The summed E-state index contributed by atoms with van der Waals surface area (Å²) < 4.78 is 5.28. The first-order valence-corrected chi connectivity index (χ1v) is 9.74. The third-order valence-corrected chi connectivity index (χ3v) is 5.26. The summed E-state index contributed by atoms with van der Waals surface area (Å²) in [4.78, 5) is 27.1. The average Bonchev–Trinajstić information content (AvgIpc) is 3.23. The van der Waals surface area contributed by atoms with Crippen LogP contribution in [0.2, 0.25) is 0 Å². The van der Waals surface area contributed by atoms with Gasteiger partial charge in [-0.3, -0.25) is 10.1 Å². The molecule has 1 aliphatic carbocycles. The van der Waals surface area contributed by atoms with Crippen LogP contribution in [0.5, 0.6) is 0 Å². The number of rotatable bonds is 3. The fraction of sp³-hybridized carbons (Fsp3) is 0.619. The van der Waals surface area contributed by atoms with Gasteiger partial charge in [-0.1, -0.05) is 18.9 Å². The molecule has 3 rings (SSSR count). The summed E-state index contributed by atoms with van der Waals surface area (Å²) >= 11 is 0. The highest BCUT2D eigenvalue weighted by atomic mass is 16.6. The van der Waals surface area contributed by atoms with E-state index >= 15 is 0 Å². The van der Waals surface area contributed by atoms with Gasteiger partial charge in [-0.25, -0.2) is 4.79 Å². The first kappa shape index (κ1) is 18.7. The van der Waals surface area contributed by atoms with Crippen molar-refractivity contribution in [2.24, 2.45) is 5.92 Å². The van der Waals surface area contributed by atoms with Crippen LogP contribution in [0.15, 0.2) is 24.3 Å². The second-order valence-corrected chi connectivity index (χ2v) is 8.46. The Morgan fingerprint density at radius 1 is 1.12 bits per heavy atom. The largest absolute Gasteiger partial charge is 0.444 e. The molecule has 1 saturated heterocycles. The first-order chi connectivity index (χ1) is 12.3. The Morgan fingerprint density at radius 2 is 1.85 bits per heavy atom. The van der Waals surface area contributed by atoms with E-state index in [9.17, 15) is 9.59 Å². The minimum Gasteiger partial charge on any atom is -0.444 e. The molecule has 26 heavy (non-hydrogen) atoms. The first-order valence-electron chi connectivity index (χ1n) is 9.74. The Balaban J connectivity index is 1.69. The van der Waals surface area contributed by atoms with E-state index in [0.717, 1.165) is 19.4 Å². The lowest BCUT2D eigenvalue weighted by molar-refractivity contribution is 0.0633. The Labute approximate surface area is 156 Å². The molecule has 0 bridgehead atoms. The monoisotopic (exact) mass is 358 g/mol. The predicted molar refractivity (Wildman–Crippen MR) is 102 cm³/mol. The minimum atomic E-state index is -0.554. The standard InChI is InChI=1S/C21H30N2O3/c1-21(2,3)26-20(25)22-17-11-6-10-16(14-17)19(24)23-13-7-12-18(23)15-8-4-5-9-15/h6,10-11,14-15,18H,4-5,7-9,12-13H2,1-3H3,(H,22,25). The zero-order valence-electron chi connectivity index (χ0n) is 16.1. The number of nitrogens with one attached hydrogen (secondary N) is 1. The van der Waals surface area contributed by atoms with Crippen molar-refractivity contribution < 1.29 is 14.3 Å². The Kier molecular flexibility index (Phi) is 5.54. The number of carbonyl (C=O) groups is 2. The molecule has 2 amide bonds. The zero-order valence-corrected chi connectivity index (χ0v) is 16.1. The summed E-state index contributed by atoms with van der Waals surface area (Å²) in [7, 11) is 0. The summed E-state index contributed by atoms with van der Waals surface area (Å²) in [6.45, 7) is 6.30. The number of ether oxygens (including phenoxy) is 1. The second-order valence-electron chi connectivity index (χ2n) is 8.46. The van der Waals surface area contributed by atoms with Crippen LogP contribution in [0.4, 0.5) is 10.5 Å². The molecule has 2 aliphatic rings. The van der Waals surface area contributed by atoms with Crippen molar-refractivity contribution in [3.63, 3.8) is 0 Å². The lowest BCUT2D eigenvalue weighted by Gasteiger charge is -2.29. The SMILES string of the molecule is CC(C)(C)OC(=O)Nc1cccc(C(=O)N2CCCC2C2CCCC2)c1. The van der Waals surface area contributed by atoms with Crippen molar-refractivity contribution in [1.82, 2.24) is 4.90 Å². The minimum absolute atomic E-state index is 0.0761. The summed E-state index contributed by atoms with van der Waals surface area (Å²) in [6, 6.07) is 7.54. The summed E-state index contributed by atoms with van der Waals surface area (Å²) in [6.07, 6.45) is 6.77. The highest BCUT2D eigenvalue weighted by molar-refractivity contribution is 5.96. The van der Waals surface area contributed by atoms with Gasteiger partial charge >= 0.3 is 6.09 Å². The van der Waals surface area contributed by atoms with Gasteiger partial charge in [0.05, 0.1) is 0 Å². The van der Waals surface area contributed by atoms with E-state index in [1.165, 1.54) is 25.7 Å². The summed E-state index contributed by atoms with van der Waals surface area (Å²) in [5.41, 5.74) is 0.659. The lowest BCUT2D eigenvalue weighted by Crippen LogP contribution is -2.39. The van der Waals surface area contributed by atoms with Gasteiger partial charge in [0.15, 0.2) is 0 Å². The zero-order chi connectivity index (χ0) is 18.7. The van der Waals surface area contributed by atoms with Crippen LogP contribution in [0.3, 0.4) is 0 Å². The molecule has 1 aliphatic heterocycles. The third-order valence-electron chi connectivity index (χ3n) is 5.26. The van der Waals surface area contributed by atoms with Gasteiger partial charge in [0.2, 0.25) is 0 Å². The molecular formula is C21H30N2O3. The van der Waals surface area contributed by atoms with Gasteiger partial charge in [0.25, 0.3) is 5.91 Å². The molecule has 1 heterocycles. The molecule has 0 aromatic heterocycles. The number of benzene rings is 1. The molecule has 1 atom stereocenters. The van der Waals surface area contributed by atoms with Crippen LogP contribution in [0.1, 0.15) is 69.7 Å². The molecule has 0 radical (unpaired) electrons. The number of amides is 2. The van der Waals surface area contributed by atoms with Crippen molar-refractivity contribution >= 4 is 17.7 Å². The molecule has 0 spiro atoms. The molecule has 5 heteroatoms. The fourth-order valence-corrected chi connectivity index (χ4v) is 4.19. The van der Waals surface area contributed by atoms with Gasteiger partial charge in [0, 0.05) is 23.8 Å². The average molecular weight is 358 g/mol. The van der Waals surface area contributed by atoms with E-state index in [1.54, 1.807) is 18.2 Å².